The highest BCUT2D eigenvalue weighted by Gasteiger charge is 1.84. The molecule has 1 aromatic heterocycles. The van der Waals surface area contributed by atoms with Gasteiger partial charge >= 0.3 is 0 Å². The standard InChI is InChI=1S/C5H6N2O.C3H6O.C2H6/c1-4-2-6-3-7-5(4)8;1-3(2)4;1-2/h2-3H,1H3,(H,6,7,8);1-2H3;1-2H3. The van der Waals surface area contributed by atoms with Crippen molar-refractivity contribution in [2.24, 2.45) is 0 Å². The van der Waals surface area contributed by atoms with Crippen molar-refractivity contribution in [3.8, 4) is 0 Å². The van der Waals surface area contributed by atoms with Gasteiger partial charge in [-0.05, 0) is 20.8 Å². The molecule has 0 aromatic carbocycles. The fourth-order valence-corrected chi connectivity index (χ4v) is 0.417. The van der Waals surface area contributed by atoms with Gasteiger partial charge in [0.15, 0.2) is 0 Å². The zero-order valence-corrected chi connectivity index (χ0v) is 9.42. The van der Waals surface area contributed by atoms with E-state index in [0.29, 0.717) is 5.56 Å². The van der Waals surface area contributed by atoms with Crippen molar-refractivity contribution in [3.05, 3.63) is 28.4 Å². The molecule has 1 aromatic rings. The lowest BCUT2D eigenvalue weighted by Gasteiger charge is -1.83. The minimum absolute atomic E-state index is 0.0694. The molecular formula is C10H18N2O2. The molecule has 14 heavy (non-hydrogen) atoms. The molecule has 1 rings (SSSR count). The number of aromatic nitrogens is 2. The number of carbonyl (C=O) groups is 1. The molecule has 4 heteroatoms. The van der Waals surface area contributed by atoms with E-state index in [1.54, 1.807) is 6.92 Å². The second kappa shape index (κ2) is 9.64. The molecule has 0 bridgehead atoms. The quantitative estimate of drug-likeness (QED) is 0.690. The number of aryl methyl sites for hydroxylation is 1. The molecule has 0 fully saturated rings. The molecule has 1 N–H and O–H groups in total. The fourth-order valence-electron chi connectivity index (χ4n) is 0.417. The van der Waals surface area contributed by atoms with Gasteiger partial charge in [-0.15, -0.1) is 0 Å². The third kappa shape index (κ3) is 10.6. The molecule has 0 unspecified atom stereocenters. The van der Waals surface area contributed by atoms with Gasteiger partial charge in [-0.3, -0.25) is 4.79 Å². The summed E-state index contributed by atoms with van der Waals surface area (Å²) in [5, 5.41) is 0. The van der Waals surface area contributed by atoms with Crippen LogP contribution < -0.4 is 5.56 Å². The maximum atomic E-state index is 10.5. The summed E-state index contributed by atoms with van der Waals surface area (Å²) in [5.41, 5.74) is 0.576. The highest BCUT2D eigenvalue weighted by atomic mass is 16.1. The van der Waals surface area contributed by atoms with Crippen molar-refractivity contribution in [1.29, 1.82) is 0 Å². The average molecular weight is 198 g/mol. The van der Waals surface area contributed by atoms with Gasteiger partial charge in [-0.2, -0.15) is 0 Å². The van der Waals surface area contributed by atoms with Crippen LogP contribution in [0.15, 0.2) is 17.3 Å². The second-order valence-corrected chi connectivity index (χ2v) is 2.47. The monoisotopic (exact) mass is 198 g/mol. The minimum Gasteiger partial charge on any atom is -0.313 e. The Balaban J connectivity index is 0. The lowest BCUT2D eigenvalue weighted by Crippen LogP contribution is -2.07. The zero-order valence-electron chi connectivity index (χ0n) is 9.42. The van der Waals surface area contributed by atoms with Crippen molar-refractivity contribution >= 4 is 5.78 Å². The number of carbonyl (C=O) groups excluding carboxylic acids is 1. The highest BCUT2D eigenvalue weighted by Crippen LogP contribution is 1.75. The summed E-state index contributed by atoms with van der Waals surface area (Å²) in [5.74, 6) is 0.167. The maximum Gasteiger partial charge on any atom is 0.253 e. The summed E-state index contributed by atoms with van der Waals surface area (Å²) in [7, 11) is 0. The normalized spacial score (nSPS) is 7.50. The van der Waals surface area contributed by atoms with E-state index in [2.05, 4.69) is 9.97 Å². The molecule has 0 atom stereocenters. The maximum absolute atomic E-state index is 10.5. The van der Waals surface area contributed by atoms with Crippen molar-refractivity contribution in [2.75, 3.05) is 0 Å². The number of H-pyrrole nitrogens is 1. The van der Waals surface area contributed by atoms with Gasteiger partial charge in [-0.1, -0.05) is 13.8 Å². The van der Waals surface area contributed by atoms with Gasteiger partial charge in [0.25, 0.3) is 5.56 Å². The number of hydrogen-bond acceptors (Lipinski definition) is 3. The molecule has 1 heterocycles. The molecule has 0 amide bonds. The van der Waals surface area contributed by atoms with Crippen LogP contribution in [0, 0.1) is 6.92 Å². The summed E-state index contributed by atoms with van der Waals surface area (Å²) in [6.45, 7) is 8.77. The largest absolute Gasteiger partial charge is 0.313 e. The van der Waals surface area contributed by atoms with E-state index in [-0.39, 0.29) is 11.3 Å². The number of aromatic amines is 1. The second-order valence-electron chi connectivity index (χ2n) is 2.47. The Bertz CT molecular complexity index is 301. The van der Waals surface area contributed by atoms with Crippen molar-refractivity contribution < 1.29 is 4.79 Å². The molecular weight excluding hydrogens is 180 g/mol. The summed E-state index contributed by atoms with van der Waals surface area (Å²) in [4.78, 5) is 26.1. The van der Waals surface area contributed by atoms with Gasteiger partial charge in [0.05, 0.1) is 6.33 Å². The van der Waals surface area contributed by atoms with Crippen molar-refractivity contribution in [3.63, 3.8) is 0 Å². The Labute approximate surface area is 84.4 Å². The van der Waals surface area contributed by atoms with Gasteiger partial charge in [0, 0.05) is 11.8 Å². The Kier molecular flexibility index (Phi) is 10.4. The third-order valence-electron chi connectivity index (χ3n) is 0.897. The van der Waals surface area contributed by atoms with E-state index >= 15 is 0 Å². The number of nitrogens with zero attached hydrogens (tertiary/aromatic N) is 1. The molecule has 0 aliphatic carbocycles. The number of ketones is 1. The Hall–Kier alpha value is -1.45. The first-order valence-corrected chi connectivity index (χ1v) is 4.50. The Morgan fingerprint density at radius 3 is 2.00 bits per heavy atom. The van der Waals surface area contributed by atoms with E-state index in [1.165, 1.54) is 26.4 Å². The van der Waals surface area contributed by atoms with Crippen LogP contribution in [0.5, 0.6) is 0 Å². The van der Waals surface area contributed by atoms with Gasteiger partial charge in [-0.25, -0.2) is 4.98 Å². The van der Waals surface area contributed by atoms with E-state index in [4.69, 9.17) is 0 Å². The number of Topliss-reactive ketones (excluding diaryl/α,β-unsaturated/α-hetero) is 1. The van der Waals surface area contributed by atoms with Gasteiger partial charge < -0.3 is 9.78 Å². The molecule has 0 radical (unpaired) electrons. The first kappa shape index (κ1) is 15.0. The van der Waals surface area contributed by atoms with Crippen LogP contribution >= 0.6 is 0 Å². The lowest BCUT2D eigenvalue weighted by atomic mass is 10.4. The summed E-state index contributed by atoms with van der Waals surface area (Å²) in [6, 6.07) is 0. The molecule has 0 saturated carbocycles. The fraction of sp³-hybridized carbons (Fsp3) is 0.500. The zero-order chi connectivity index (χ0) is 11.6. The van der Waals surface area contributed by atoms with Crippen LogP contribution in [0.25, 0.3) is 0 Å². The van der Waals surface area contributed by atoms with Crippen LogP contribution in [0.3, 0.4) is 0 Å². The molecule has 0 saturated heterocycles. The summed E-state index contributed by atoms with van der Waals surface area (Å²) < 4.78 is 0. The van der Waals surface area contributed by atoms with Crippen LogP contribution in [0.1, 0.15) is 33.3 Å². The number of rotatable bonds is 0. The van der Waals surface area contributed by atoms with E-state index in [0.717, 1.165) is 0 Å². The van der Waals surface area contributed by atoms with Crippen LogP contribution in [-0.4, -0.2) is 15.8 Å². The average Bonchev–Trinajstić information content (AvgIpc) is 2.13. The van der Waals surface area contributed by atoms with Crippen LogP contribution in [-0.2, 0) is 4.79 Å². The van der Waals surface area contributed by atoms with Gasteiger partial charge in [0.2, 0.25) is 0 Å². The van der Waals surface area contributed by atoms with E-state index < -0.39 is 0 Å². The first-order chi connectivity index (χ1) is 6.54. The molecule has 0 aliphatic rings. The number of hydrogen-bond donors (Lipinski definition) is 1. The number of nitrogens with one attached hydrogen (secondary N) is 1. The third-order valence-corrected chi connectivity index (χ3v) is 0.897. The SMILES string of the molecule is CC.CC(C)=O.Cc1cnc[nH]c1=O. The van der Waals surface area contributed by atoms with Gasteiger partial charge in [0.1, 0.15) is 5.78 Å². The topological polar surface area (TPSA) is 62.8 Å². The summed E-state index contributed by atoms with van der Waals surface area (Å²) in [6.07, 6.45) is 2.90. The highest BCUT2D eigenvalue weighted by molar-refractivity contribution is 5.72. The predicted octanol–water partition coefficient (Wildman–Crippen LogP) is 1.70. The first-order valence-electron chi connectivity index (χ1n) is 4.50. The predicted molar refractivity (Wildman–Crippen MR) is 57.3 cm³/mol. The van der Waals surface area contributed by atoms with Crippen molar-refractivity contribution in [2.45, 2.75) is 34.6 Å². The molecule has 80 valence electrons. The van der Waals surface area contributed by atoms with E-state index in [9.17, 15) is 9.59 Å². The Morgan fingerprint density at radius 2 is 1.79 bits per heavy atom. The van der Waals surface area contributed by atoms with Crippen LogP contribution in [0.2, 0.25) is 0 Å². The molecule has 4 nitrogen and oxygen atoms in total. The molecule has 0 aliphatic heterocycles. The van der Waals surface area contributed by atoms with Crippen LogP contribution in [0.4, 0.5) is 0 Å². The molecule has 0 spiro atoms. The summed E-state index contributed by atoms with van der Waals surface area (Å²) >= 11 is 0. The van der Waals surface area contributed by atoms with Crippen molar-refractivity contribution in [1.82, 2.24) is 9.97 Å². The van der Waals surface area contributed by atoms with E-state index in [1.807, 2.05) is 13.8 Å². The lowest BCUT2D eigenvalue weighted by molar-refractivity contribution is -0.114. The Morgan fingerprint density at radius 1 is 1.36 bits per heavy atom. The smallest absolute Gasteiger partial charge is 0.253 e. The minimum atomic E-state index is -0.0694.